The maximum atomic E-state index is 12.8. The summed E-state index contributed by atoms with van der Waals surface area (Å²) in [5.74, 6) is 0.180. The van der Waals surface area contributed by atoms with Crippen molar-refractivity contribution < 1.29 is 4.79 Å². The van der Waals surface area contributed by atoms with E-state index in [-0.39, 0.29) is 5.78 Å². The van der Waals surface area contributed by atoms with Gasteiger partial charge in [-0.25, -0.2) is 0 Å². The molecule has 124 valence electrons. The summed E-state index contributed by atoms with van der Waals surface area (Å²) < 4.78 is 0. The minimum Gasteiger partial charge on any atom is -0.289 e. The summed E-state index contributed by atoms with van der Waals surface area (Å²) in [4.78, 5) is 14.1. The topological polar surface area (TPSA) is 17.1 Å². The van der Waals surface area contributed by atoms with Crippen molar-refractivity contribution in [3.8, 4) is 10.4 Å². The third-order valence-electron chi connectivity index (χ3n) is 5.05. The van der Waals surface area contributed by atoms with Gasteiger partial charge in [0.2, 0.25) is 0 Å². The maximum absolute atomic E-state index is 12.8. The van der Waals surface area contributed by atoms with E-state index in [0.717, 1.165) is 28.7 Å². The molecule has 0 N–H and O–H groups in total. The second-order valence-corrected chi connectivity index (χ2v) is 7.77. The predicted octanol–water partition coefficient (Wildman–Crippen LogP) is 6.16. The lowest BCUT2D eigenvalue weighted by atomic mass is 10.0. The van der Waals surface area contributed by atoms with Gasteiger partial charge in [-0.3, -0.25) is 4.79 Å². The van der Waals surface area contributed by atoms with Crippen molar-refractivity contribution in [3.63, 3.8) is 0 Å². The number of aryl methyl sites for hydroxylation is 3. The van der Waals surface area contributed by atoms with Gasteiger partial charge in [0.25, 0.3) is 0 Å². The fraction of sp³-hybridized carbons (Fsp3) is 0.174. The van der Waals surface area contributed by atoms with Crippen LogP contribution in [0.3, 0.4) is 0 Å². The van der Waals surface area contributed by atoms with Crippen LogP contribution in [0.4, 0.5) is 0 Å². The predicted molar refractivity (Wildman–Crippen MR) is 106 cm³/mol. The zero-order valence-electron chi connectivity index (χ0n) is 14.7. The fourth-order valence-electron chi connectivity index (χ4n) is 3.39. The Bertz CT molecular complexity index is 1010. The van der Waals surface area contributed by atoms with E-state index in [1.54, 1.807) is 11.3 Å². The van der Waals surface area contributed by atoms with E-state index in [1.165, 1.54) is 27.1 Å². The van der Waals surface area contributed by atoms with Crippen LogP contribution in [0.5, 0.6) is 0 Å². The Morgan fingerprint density at radius 2 is 1.76 bits per heavy atom. The molecule has 2 heteroatoms. The smallest absolute Gasteiger partial charge is 0.189 e. The third kappa shape index (κ3) is 2.87. The molecule has 0 atom stereocenters. The number of carbonyl (C=O) groups excluding carboxylic acids is 1. The van der Waals surface area contributed by atoms with Gasteiger partial charge in [-0.15, -0.1) is 11.3 Å². The summed E-state index contributed by atoms with van der Waals surface area (Å²) in [7, 11) is 0. The molecule has 0 fully saturated rings. The highest BCUT2D eigenvalue weighted by Crippen LogP contribution is 2.32. The lowest BCUT2D eigenvalue weighted by molar-refractivity contribution is 0.104. The fourth-order valence-corrected chi connectivity index (χ4v) is 4.11. The van der Waals surface area contributed by atoms with Crippen molar-refractivity contribution in [1.29, 1.82) is 0 Å². The van der Waals surface area contributed by atoms with Crippen LogP contribution in [0.2, 0.25) is 0 Å². The zero-order chi connectivity index (χ0) is 17.6. The summed E-state index contributed by atoms with van der Waals surface area (Å²) in [6, 6.07) is 14.9. The van der Waals surface area contributed by atoms with Gasteiger partial charge in [0.1, 0.15) is 0 Å². The first kappa shape index (κ1) is 16.0. The Morgan fingerprint density at radius 1 is 0.960 bits per heavy atom. The van der Waals surface area contributed by atoms with Crippen molar-refractivity contribution in [3.05, 3.63) is 86.8 Å². The first-order chi connectivity index (χ1) is 12.0. The Balaban J connectivity index is 1.75. The molecular formula is C23H20OS. The molecule has 1 aliphatic rings. The van der Waals surface area contributed by atoms with Crippen LogP contribution in [0.15, 0.2) is 53.4 Å². The van der Waals surface area contributed by atoms with Gasteiger partial charge in [-0.2, -0.15) is 0 Å². The van der Waals surface area contributed by atoms with E-state index in [4.69, 9.17) is 0 Å². The van der Waals surface area contributed by atoms with Gasteiger partial charge in [0, 0.05) is 22.4 Å². The summed E-state index contributed by atoms with van der Waals surface area (Å²) in [5, 5.41) is 2.09. The summed E-state index contributed by atoms with van der Waals surface area (Å²) in [6.07, 6.45) is 2.82. The molecule has 4 rings (SSSR count). The number of hydrogen-bond donors (Lipinski definition) is 0. The van der Waals surface area contributed by atoms with Gasteiger partial charge in [0.15, 0.2) is 5.78 Å². The van der Waals surface area contributed by atoms with E-state index < -0.39 is 0 Å². The lowest BCUT2D eigenvalue weighted by Crippen LogP contribution is -1.97. The van der Waals surface area contributed by atoms with Crippen LogP contribution >= 0.6 is 11.3 Å². The van der Waals surface area contributed by atoms with Gasteiger partial charge >= 0.3 is 0 Å². The van der Waals surface area contributed by atoms with Crippen molar-refractivity contribution in [2.75, 3.05) is 0 Å². The number of rotatable bonds is 2. The third-order valence-corrected chi connectivity index (χ3v) is 5.97. The lowest BCUT2D eigenvalue weighted by Gasteiger charge is -2.05. The summed E-state index contributed by atoms with van der Waals surface area (Å²) in [5.41, 5.74) is 8.91. The SMILES string of the molecule is Cc1cc2c(cc1C)C(=O)C(=Cc1cc(-c3cccs3)ccc1C)C2. The number of thiophene rings is 1. The van der Waals surface area contributed by atoms with Crippen LogP contribution in [0.1, 0.15) is 38.2 Å². The van der Waals surface area contributed by atoms with Crippen molar-refractivity contribution >= 4 is 23.2 Å². The number of allylic oxidation sites excluding steroid dienone is 1. The van der Waals surface area contributed by atoms with Gasteiger partial charge < -0.3 is 0 Å². The highest BCUT2D eigenvalue weighted by atomic mass is 32.1. The van der Waals surface area contributed by atoms with E-state index in [0.29, 0.717) is 0 Å². The highest BCUT2D eigenvalue weighted by Gasteiger charge is 2.25. The molecule has 1 nitrogen and oxygen atoms in total. The van der Waals surface area contributed by atoms with E-state index in [2.05, 4.69) is 68.6 Å². The normalized spacial score (nSPS) is 15.0. The Hall–Kier alpha value is -2.45. The second kappa shape index (κ2) is 6.12. The minimum absolute atomic E-state index is 0.180. The van der Waals surface area contributed by atoms with Crippen molar-refractivity contribution in [2.24, 2.45) is 0 Å². The molecule has 0 bridgehead atoms. The van der Waals surface area contributed by atoms with E-state index in [9.17, 15) is 4.79 Å². The Kier molecular flexibility index (Phi) is 3.93. The van der Waals surface area contributed by atoms with Gasteiger partial charge in [0.05, 0.1) is 0 Å². The van der Waals surface area contributed by atoms with E-state index >= 15 is 0 Å². The number of ketones is 1. The molecule has 0 spiro atoms. The molecule has 0 aliphatic heterocycles. The molecule has 1 heterocycles. The van der Waals surface area contributed by atoms with Crippen LogP contribution in [-0.2, 0) is 6.42 Å². The number of Topliss-reactive ketones (excluding diaryl/α,β-unsaturated/α-hetero) is 1. The number of fused-ring (bicyclic) bond motifs is 1. The molecule has 25 heavy (non-hydrogen) atoms. The first-order valence-electron chi connectivity index (χ1n) is 8.53. The van der Waals surface area contributed by atoms with Crippen LogP contribution in [-0.4, -0.2) is 5.78 Å². The molecule has 0 radical (unpaired) electrons. The molecule has 2 aromatic carbocycles. The van der Waals surface area contributed by atoms with Crippen LogP contribution < -0.4 is 0 Å². The second-order valence-electron chi connectivity index (χ2n) is 6.82. The molecule has 1 aromatic heterocycles. The summed E-state index contributed by atoms with van der Waals surface area (Å²) in [6.45, 7) is 6.28. The van der Waals surface area contributed by atoms with Crippen LogP contribution in [0, 0.1) is 20.8 Å². The van der Waals surface area contributed by atoms with Gasteiger partial charge in [-0.1, -0.05) is 24.3 Å². The van der Waals surface area contributed by atoms with Crippen molar-refractivity contribution in [2.45, 2.75) is 27.2 Å². The molecule has 1 aliphatic carbocycles. The van der Waals surface area contributed by atoms with Crippen molar-refractivity contribution in [1.82, 2.24) is 0 Å². The Labute approximate surface area is 152 Å². The van der Waals surface area contributed by atoms with E-state index in [1.807, 2.05) is 6.07 Å². The molecular weight excluding hydrogens is 324 g/mol. The average molecular weight is 344 g/mol. The Morgan fingerprint density at radius 3 is 2.52 bits per heavy atom. The monoisotopic (exact) mass is 344 g/mol. The first-order valence-corrected chi connectivity index (χ1v) is 9.41. The molecule has 0 amide bonds. The molecule has 0 saturated carbocycles. The maximum Gasteiger partial charge on any atom is 0.189 e. The number of carbonyl (C=O) groups is 1. The van der Waals surface area contributed by atoms with Crippen LogP contribution in [0.25, 0.3) is 16.5 Å². The number of benzene rings is 2. The molecule has 0 saturated heterocycles. The average Bonchev–Trinajstić information content (AvgIpc) is 3.21. The zero-order valence-corrected chi connectivity index (χ0v) is 15.5. The highest BCUT2D eigenvalue weighted by molar-refractivity contribution is 7.13. The van der Waals surface area contributed by atoms with Gasteiger partial charge in [-0.05, 0) is 83.8 Å². The number of hydrogen-bond acceptors (Lipinski definition) is 2. The molecule has 0 unspecified atom stereocenters. The minimum atomic E-state index is 0.180. The largest absolute Gasteiger partial charge is 0.289 e. The summed E-state index contributed by atoms with van der Waals surface area (Å²) >= 11 is 1.74. The quantitative estimate of drug-likeness (QED) is 0.509. The molecule has 3 aromatic rings. The standard InChI is InChI=1S/C23H20OS/c1-14-6-7-17(22-5-4-8-25-22)11-18(14)12-20-13-19-9-15(2)16(3)10-21(19)23(20)24/h4-12H,13H2,1-3H3.